The summed E-state index contributed by atoms with van der Waals surface area (Å²) in [6.45, 7) is 5.75. The van der Waals surface area contributed by atoms with Gasteiger partial charge in [0.25, 0.3) is 0 Å². The van der Waals surface area contributed by atoms with Gasteiger partial charge in [0, 0.05) is 15.8 Å². The highest BCUT2D eigenvalue weighted by Crippen LogP contribution is 2.29. The molecule has 0 aromatic heterocycles. The van der Waals surface area contributed by atoms with Crippen molar-refractivity contribution >= 4 is 61.4 Å². The van der Waals surface area contributed by atoms with E-state index >= 15 is 0 Å². The van der Waals surface area contributed by atoms with Crippen LogP contribution in [0.3, 0.4) is 0 Å². The molecule has 0 N–H and O–H groups in total. The fourth-order valence-corrected chi connectivity index (χ4v) is 2.30. The molecule has 2 nitrogen and oxygen atoms in total. The SMILES string of the molecule is C=C(C)C(=O)OCCCCCCC([SiH3])(I)I. The van der Waals surface area contributed by atoms with Crippen LogP contribution in [0.5, 0.6) is 0 Å². The van der Waals surface area contributed by atoms with Crippen LogP contribution in [0, 0.1) is 0 Å². The lowest BCUT2D eigenvalue weighted by Gasteiger charge is -2.13. The van der Waals surface area contributed by atoms with Crippen molar-refractivity contribution in [1.82, 2.24) is 0 Å². The van der Waals surface area contributed by atoms with Gasteiger partial charge in [-0.05, 0) is 19.8 Å². The minimum atomic E-state index is -0.266. The average Bonchev–Trinajstić information content (AvgIpc) is 2.14. The molecule has 0 aliphatic carbocycles. The molecule has 0 atom stereocenters. The molecular formula is C11H20I2O2Si. The topological polar surface area (TPSA) is 26.3 Å². The Morgan fingerprint density at radius 2 is 1.88 bits per heavy atom. The highest BCUT2D eigenvalue weighted by molar-refractivity contribution is 14.2. The van der Waals surface area contributed by atoms with E-state index in [0.717, 1.165) is 12.8 Å². The second-order valence-corrected chi connectivity index (χ2v) is 16.8. The second-order valence-electron chi connectivity index (χ2n) is 4.15. The third-order valence-electron chi connectivity index (χ3n) is 2.09. The van der Waals surface area contributed by atoms with E-state index in [0.29, 0.717) is 13.2 Å². The second kappa shape index (κ2) is 8.90. The van der Waals surface area contributed by atoms with E-state index < -0.39 is 0 Å². The fraction of sp³-hybridized carbons (Fsp3) is 0.727. The van der Waals surface area contributed by atoms with Crippen molar-refractivity contribution in [3.8, 4) is 0 Å². The van der Waals surface area contributed by atoms with E-state index in [9.17, 15) is 4.79 Å². The fourth-order valence-electron chi connectivity index (χ4n) is 1.18. The molecule has 0 amide bonds. The summed E-state index contributed by atoms with van der Waals surface area (Å²) < 4.78 is 5.53. The third kappa shape index (κ3) is 11.4. The van der Waals surface area contributed by atoms with Crippen LogP contribution in [0.4, 0.5) is 0 Å². The number of carbonyl (C=O) groups excluding carboxylic acids is 1. The van der Waals surface area contributed by atoms with E-state index in [2.05, 4.69) is 51.8 Å². The van der Waals surface area contributed by atoms with Gasteiger partial charge < -0.3 is 4.74 Å². The van der Waals surface area contributed by atoms with Crippen molar-refractivity contribution in [1.29, 1.82) is 0 Å². The van der Waals surface area contributed by atoms with Crippen molar-refractivity contribution in [3.63, 3.8) is 0 Å². The van der Waals surface area contributed by atoms with E-state index in [1.54, 1.807) is 6.92 Å². The molecule has 0 bridgehead atoms. The van der Waals surface area contributed by atoms with Crippen LogP contribution in [0.2, 0.25) is 0 Å². The first kappa shape index (κ1) is 16.9. The number of esters is 1. The maximum Gasteiger partial charge on any atom is 0.333 e. The normalized spacial score (nSPS) is 11.4. The maximum absolute atomic E-state index is 11.0. The Bertz CT molecular complexity index is 237. The van der Waals surface area contributed by atoms with Crippen LogP contribution in [-0.2, 0) is 9.53 Å². The zero-order valence-corrected chi connectivity index (χ0v) is 16.3. The van der Waals surface area contributed by atoms with Gasteiger partial charge in [-0.2, -0.15) is 0 Å². The minimum absolute atomic E-state index is 0.266. The number of halogens is 2. The minimum Gasteiger partial charge on any atom is -0.462 e. The summed E-state index contributed by atoms with van der Waals surface area (Å²) in [6, 6.07) is 0. The molecule has 0 rings (SSSR count). The van der Waals surface area contributed by atoms with Gasteiger partial charge in [0.15, 0.2) is 0 Å². The predicted molar refractivity (Wildman–Crippen MR) is 89.6 cm³/mol. The molecule has 0 spiro atoms. The number of carbonyl (C=O) groups is 1. The maximum atomic E-state index is 11.0. The Morgan fingerprint density at radius 3 is 2.38 bits per heavy atom. The van der Waals surface area contributed by atoms with Gasteiger partial charge in [0.1, 0.15) is 0 Å². The number of ether oxygens (including phenoxy) is 1. The number of alkyl halides is 2. The number of hydrogen-bond donors (Lipinski definition) is 0. The van der Waals surface area contributed by atoms with Crippen LogP contribution < -0.4 is 0 Å². The molecule has 94 valence electrons. The van der Waals surface area contributed by atoms with Crippen molar-refractivity contribution in [2.75, 3.05) is 6.61 Å². The van der Waals surface area contributed by atoms with Gasteiger partial charge in [-0.25, -0.2) is 4.79 Å². The Balaban J connectivity index is 3.29. The van der Waals surface area contributed by atoms with Crippen molar-refractivity contribution in [2.45, 2.75) is 40.1 Å². The monoisotopic (exact) mass is 466 g/mol. The highest BCUT2D eigenvalue weighted by Gasteiger charge is 2.13. The molecular weight excluding hydrogens is 446 g/mol. The molecule has 5 heteroatoms. The summed E-state index contributed by atoms with van der Waals surface area (Å²) in [5.41, 5.74) is 0.482. The molecule has 0 fully saturated rings. The van der Waals surface area contributed by atoms with Gasteiger partial charge >= 0.3 is 5.97 Å². The molecule has 0 aliphatic rings. The molecule has 0 saturated heterocycles. The first-order chi connectivity index (χ1) is 7.33. The summed E-state index contributed by atoms with van der Waals surface area (Å²) in [6.07, 6.45) is 5.93. The van der Waals surface area contributed by atoms with E-state index in [1.807, 2.05) is 0 Å². The molecule has 0 saturated carbocycles. The van der Waals surface area contributed by atoms with Crippen molar-refractivity contribution in [2.24, 2.45) is 0 Å². The standard InChI is InChI=1S/C11H20I2O2Si/c1-9(2)10(14)15-8-6-4-3-5-7-11(12,13)16/h1,3-8H2,2,16H3. The average molecular weight is 466 g/mol. The van der Waals surface area contributed by atoms with Crippen LogP contribution in [-0.4, -0.2) is 23.9 Å². The van der Waals surface area contributed by atoms with E-state index in [4.69, 9.17) is 4.74 Å². The molecule has 0 radical (unpaired) electrons. The lowest BCUT2D eigenvalue weighted by molar-refractivity contribution is -0.139. The first-order valence-corrected chi connectivity index (χ1v) is 8.69. The van der Waals surface area contributed by atoms with Crippen LogP contribution in [0.15, 0.2) is 12.2 Å². The zero-order valence-electron chi connectivity index (χ0n) is 10.0. The van der Waals surface area contributed by atoms with E-state index in [1.165, 1.54) is 29.5 Å². The number of hydrogen-bond acceptors (Lipinski definition) is 2. The van der Waals surface area contributed by atoms with E-state index in [-0.39, 0.29) is 5.97 Å². The zero-order chi connectivity index (χ0) is 12.6. The summed E-state index contributed by atoms with van der Waals surface area (Å²) in [5.74, 6) is -0.266. The molecule has 0 aromatic carbocycles. The summed E-state index contributed by atoms with van der Waals surface area (Å²) >= 11 is 5.06. The molecule has 0 unspecified atom stereocenters. The van der Waals surface area contributed by atoms with Crippen molar-refractivity contribution in [3.05, 3.63) is 12.2 Å². The molecule has 0 heterocycles. The Hall–Kier alpha value is 0.887. The Kier molecular flexibility index (Phi) is 9.40. The Labute approximate surface area is 129 Å². The number of rotatable bonds is 8. The smallest absolute Gasteiger partial charge is 0.333 e. The number of unbranched alkanes of at least 4 members (excludes halogenated alkanes) is 3. The lowest BCUT2D eigenvalue weighted by Crippen LogP contribution is -2.09. The summed E-state index contributed by atoms with van der Waals surface area (Å²) in [5, 5.41) is 0. The van der Waals surface area contributed by atoms with Gasteiger partial charge in [-0.1, -0.05) is 71.0 Å². The highest BCUT2D eigenvalue weighted by atomic mass is 127. The van der Waals surface area contributed by atoms with Gasteiger partial charge in [0.2, 0.25) is 0 Å². The Morgan fingerprint density at radius 1 is 1.31 bits per heavy atom. The van der Waals surface area contributed by atoms with Crippen LogP contribution in [0.25, 0.3) is 0 Å². The van der Waals surface area contributed by atoms with Crippen LogP contribution in [0.1, 0.15) is 39.0 Å². The molecule has 16 heavy (non-hydrogen) atoms. The van der Waals surface area contributed by atoms with Crippen molar-refractivity contribution < 1.29 is 9.53 Å². The quantitative estimate of drug-likeness (QED) is 0.137. The van der Waals surface area contributed by atoms with Gasteiger partial charge in [0.05, 0.1) is 7.66 Å². The van der Waals surface area contributed by atoms with Gasteiger partial charge in [-0.3, -0.25) is 0 Å². The predicted octanol–water partition coefficient (Wildman–Crippen LogP) is 2.95. The lowest BCUT2D eigenvalue weighted by atomic mass is 10.2. The largest absolute Gasteiger partial charge is 0.462 e. The molecule has 0 aliphatic heterocycles. The van der Waals surface area contributed by atoms with Crippen LogP contribution >= 0.6 is 45.2 Å². The third-order valence-corrected chi connectivity index (χ3v) is 3.67. The molecule has 0 aromatic rings. The summed E-state index contributed by atoms with van der Waals surface area (Å²) in [7, 11) is 1.24. The van der Waals surface area contributed by atoms with Gasteiger partial charge in [-0.15, -0.1) is 0 Å². The summed E-state index contributed by atoms with van der Waals surface area (Å²) in [4.78, 5) is 11.0. The first-order valence-electron chi connectivity index (χ1n) is 5.53.